The van der Waals surface area contributed by atoms with Crippen LogP contribution in [0, 0.1) is 6.92 Å². The van der Waals surface area contributed by atoms with Crippen LogP contribution in [-0.2, 0) is 0 Å². The van der Waals surface area contributed by atoms with E-state index >= 15 is 0 Å². The largest absolute Gasteiger partial charge is 0.309 e. The van der Waals surface area contributed by atoms with Crippen molar-refractivity contribution in [2.24, 2.45) is 0 Å². The van der Waals surface area contributed by atoms with E-state index in [1.54, 1.807) is 0 Å². The van der Waals surface area contributed by atoms with Crippen LogP contribution in [0.4, 0.5) is 0 Å². The Morgan fingerprint density at radius 1 is 1.06 bits per heavy atom. The maximum atomic E-state index is 6.15. The molecule has 0 bridgehead atoms. The lowest BCUT2D eigenvalue weighted by Crippen LogP contribution is -2.17. The van der Waals surface area contributed by atoms with E-state index < -0.39 is 0 Å². The summed E-state index contributed by atoms with van der Waals surface area (Å²) in [5.41, 5.74) is 3.67. The van der Waals surface area contributed by atoms with Gasteiger partial charge in [0.1, 0.15) is 0 Å². The van der Waals surface area contributed by atoms with Crippen LogP contribution in [0.25, 0.3) is 0 Å². The van der Waals surface area contributed by atoms with Gasteiger partial charge in [0.05, 0.1) is 11.1 Å². The highest BCUT2D eigenvalue weighted by atomic mass is 79.9. The van der Waals surface area contributed by atoms with Crippen molar-refractivity contribution in [1.29, 1.82) is 0 Å². The molecule has 2 aromatic carbocycles. The molecule has 2 aromatic rings. The van der Waals surface area contributed by atoms with Gasteiger partial charge in [-0.2, -0.15) is 0 Å². The summed E-state index contributed by atoms with van der Waals surface area (Å²) >= 11 is 9.57. The second kappa shape index (κ2) is 5.87. The third kappa shape index (κ3) is 2.94. The fourth-order valence-corrected chi connectivity index (χ4v) is 2.41. The maximum Gasteiger partial charge on any atom is 0.0574 e. The van der Waals surface area contributed by atoms with Gasteiger partial charge in [0, 0.05) is 4.47 Å². The number of halogens is 2. The lowest BCUT2D eigenvalue weighted by atomic mass is 9.98. The molecular weight excluding hydrogens is 310 g/mol. The smallest absolute Gasteiger partial charge is 0.0574 e. The summed E-state index contributed by atoms with van der Waals surface area (Å²) in [6.45, 7) is 2.09. The zero-order valence-electron chi connectivity index (χ0n) is 10.4. The Morgan fingerprint density at radius 2 is 1.67 bits per heavy atom. The molecule has 1 unspecified atom stereocenters. The molecule has 0 heterocycles. The SMILES string of the molecule is CNC(c1ccc(C)cc1)c1ccc(Br)c(Cl)c1. The third-order valence-electron chi connectivity index (χ3n) is 2.98. The van der Waals surface area contributed by atoms with Gasteiger partial charge < -0.3 is 5.32 Å². The van der Waals surface area contributed by atoms with E-state index in [4.69, 9.17) is 11.6 Å². The Hall–Kier alpha value is -0.830. The molecule has 1 atom stereocenters. The summed E-state index contributed by atoms with van der Waals surface area (Å²) in [6.07, 6.45) is 0. The number of hydrogen-bond acceptors (Lipinski definition) is 1. The summed E-state index contributed by atoms with van der Waals surface area (Å²) in [5.74, 6) is 0. The van der Waals surface area contributed by atoms with Crippen molar-refractivity contribution in [3.8, 4) is 0 Å². The van der Waals surface area contributed by atoms with Crippen molar-refractivity contribution in [3.05, 3.63) is 68.7 Å². The van der Waals surface area contributed by atoms with Crippen LogP contribution < -0.4 is 5.32 Å². The molecule has 0 saturated carbocycles. The number of aryl methyl sites for hydroxylation is 1. The number of benzene rings is 2. The Labute approximate surface area is 121 Å². The van der Waals surface area contributed by atoms with Gasteiger partial charge >= 0.3 is 0 Å². The fraction of sp³-hybridized carbons (Fsp3) is 0.200. The van der Waals surface area contributed by atoms with Gasteiger partial charge in [-0.05, 0) is 53.2 Å². The van der Waals surface area contributed by atoms with Gasteiger partial charge in [0.2, 0.25) is 0 Å². The van der Waals surface area contributed by atoms with E-state index in [1.807, 2.05) is 19.2 Å². The molecule has 0 fully saturated rings. The van der Waals surface area contributed by atoms with E-state index in [1.165, 1.54) is 11.1 Å². The first-order chi connectivity index (χ1) is 8.61. The molecule has 0 amide bonds. The minimum atomic E-state index is 0.163. The minimum absolute atomic E-state index is 0.163. The molecule has 0 radical (unpaired) electrons. The van der Waals surface area contributed by atoms with Crippen molar-refractivity contribution < 1.29 is 0 Å². The monoisotopic (exact) mass is 323 g/mol. The lowest BCUT2D eigenvalue weighted by molar-refractivity contribution is 0.691. The van der Waals surface area contributed by atoms with Crippen LogP contribution in [-0.4, -0.2) is 7.05 Å². The van der Waals surface area contributed by atoms with E-state index in [0.717, 1.165) is 15.1 Å². The van der Waals surface area contributed by atoms with Gasteiger partial charge in [-0.3, -0.25) is 0 Å². The van der Waals surface area contributed by atoms with Crippen molar-refractivity contribution in [1.82, 2.24) is 5.32 Å². The minimum Gasteiger partial charge on any atom is -0.309 e. The van der Waals surface area contributed by atoms with Crippen LogP contribution in [0.2, 0.25) is 5.02 Å². The summed E-state index contributed by atoms with van der Waals surface area (Å²) < 4.78 is 0.923. The number of hydrogen-bond donors (Lipinski definition) is 1. The van der Waals surface area contributed by atoms with Gasteiger partial charge in [-0.1, -0.05) is 47.5 Å². The molecule has 0 aromatic heterocycles. The fourth-order valence-electron chi connectivity index (χ4n) is 1.98. The number of rotatable bonds is 3. The average molecular weight is 325 g/mol. The highest BCUT2D eigenvalue weighted by Crippen LogP contribution is 2.29. The van der Waals surface area contributed by atoms with Crippen molar-refractivity contribution >= 4 is 27.5 Å². The molecule has 0 aliphatic carbocycles. The second-order valence-corrected chi connectivity index (χ2v) is 5.57. The molecule has 0 aliphatic rings. The average Bonchev–Trinajstić information content (AvgIpc) is 2.37. The zero-order chi connectivity index (χ0) is 13.1. The highest BCUT2D eigenvalue weighted by Gasteiger charge is 2.12. The molecule has 1 nitrogen and oxygen atoms in total. The molecule has 1 N–H and O–H groups in total. The topological polar surface area (TPSA) is 12.0 Å². The molecular formula is C15H15BrClN. The Kier molecular flexibility index (Phi) is 4.44. The van der Waals surface area contributed by atoms with Crippen molar-refractivity contribution in [2.45, 2.75) is 13.0 Å². The Bertz CT molecular complexity index is 537. The van der Waals surface area contributed by atoms with E-state index in [0.29, 0.717) is 0 Å². The summed E-state index contributed by atoms with van der Waals surface area (Å²) in [5, 5.41) is 4.06. The maximum absolute atomic E-state index is 6.15. The highest BCUT2D eigenvalue weighted by molar-refractivity contribution is 9.10. The third-order valence-corrected chi connectivity index (χ3v) is 4.21. The Balaban J connectivity index is 2.38. The van der Waals surface area contributed by atoms with E-state index in [9.17, 15) is 0 Å². The quantitative estimate of drug-likeness (QED) is 0.861. The van der Waals surface area contributed by atoms with Gasteiger partial charge in [0.25, 0.3) is 0 Å². The van der Waals surface area contributed by atoms with E-state index in [2.05, 4.69) is 58.5 Å². The predicted molar refractivity (Wildman–Crippen MR) is 81.2 cm³/mol. The van der Waals surface area contributed by atoms with Crippen LogP contribution in [0.1, 0.15) is 22.7 Å². The molecule has 3 heteroatoms. The van der Waals surface area contributed by atoms with Crippen molar-refractivity contribution in [3.63, 3.8) is 0 Å². The normalized spacial score (nSPS) is 12.4. The lowest BCUT2D eigenvalue weighted by Gasteiger charge is -2.18. The van der Waals surface area contributed by atoms with Crippen LogP contribution in [0.15, 0.2) is 46.9 Å². The predicted octanol–water partition coefficient (Wildman–Crippen LogP) is 4.72. The van der Waals surface area contributed by atoms with Crippen LogP contribution >= 0.6 is 27.5 Å². The van der Waals surface area contributed by atoms with Crippen molar-refractivity contribution in [2.75, 3.05) is 7.05 Å². The standard InChI is InChI=1S/C15H15BrClN/c1-10-3-5-11(6-4-10)15(18-2)12-7-8-13(16)14(17)9-12/h3-9,15,18H,1-2H3. The molecule has 0 spiro atoms. The second-order valence-electron chi connectivity index (χ2n) is 4.31. The van der Waals surface area contributed by atoms with Gasteiger partial charge in [-0.15, -0.1) is 0 Å². The first kappa shape index (κ1) is 13.6. The van der Waals surface area contributed by atoms with Gasteiger partial charge in [0.15, 0.2) is 0 Å². The number of nitrogens with one attached hydrogen (secondary N) is 1. The van der Waals surface area contributed by atoms with Crippen LogP contribution in [0.3, 0.4) is 0 Å². The van der Waals surface area contributed by atoms with Crippen LogP contribution in [0.5, 0.6) is 0 Å². The first-order valence-corrected chi connectivity index (χ1v) is 6.97. The zero-order valence-corrected chi connectivity index (χ0v) is 12.7. The summed E-state index contributed by atoms with van der Waals surface area (Å²) in [7, 11) is 1.96. The van der Waals surface area contributed by atoms with Gasteiger partial charge in [-0.25, -0.2) is 0 Å². The van der Waals surface area contributed by atoms with E-state index in [-0.39, 0.29) is 6.04 Å². The first-order valence-electron chi connectivity index (χ1n) is 5.80. The Morgan fingerprint density at radius 3 is 2.22 bits per heavy atom. The molecule has 2 rings (SSSR count). The molecule has 94 valence electrons. The molecule has 0 aliphatic heterocycles. The summed E-state index contributed by atoms with van der Waals surface area (Å²) in [6, 6.07) is 14.8. The molecule has 18 heavy (non-hydrogen) atoms. The summed E-state index contributed by atoms with van der Waals surface area (Å²) in [4.78, 5) is 0. The molecule has 0 saturated heterocycles.